The molecule has 6 nitrogen and oxygen atoms in total. The van der Waals surface area contributed by atoms with Gasteiger partial charge >= 0.3 is 0 Å². The van der Waals surface area contributed by atoms with E-state index in [1.54, 1.807) is 30.0 Å². The Morgan fingerprint density at radius 2 is 1.92 bits per heavy atom. The van der Waals surface area contributed by atoms with Crippen LogP contribution in [-0.2, 0) is 21.2 Å². The number of nitrogens with one attached hydrogen (secondary N) is 1. The molecule has 0 aromatic heterocycles. The number of aryl methyl sites for hydroxylation is 1. The highest BCUT2D eigenvalue weighted by molar-refractivity contribution is 7.89. The Balaban J connectivity index is 1.80. The molecule has 1 aromatic rings. The summed E-state index contributed by atoms with van der Waals surface area (Å²) in [6.07, 6.45) is 3.33. The molecule has 0 bridgehead atoms. The van der Waals surface area contributed by atoms with E-state index < -0.39 is 10.0 Å². The monoisotopic (exact) mass is 351 g/mol. The predicted molar refractivity (Wildman–Crippen MR) is 93.6 cm³/mol. The zero-order chi connectivity index (χ0) is 17.3. The molecule has 1 saturated heterocycles. The number of fused-ring (bicyclic) bond motifs is 1. The number of anilines is 1. The molecule has 2 aliphatic rings. The molecular formula is C17H25N3O3S. The van der Waals surface area contributed by atoms with Crippen molar-refractivity contribution in [1.29, 1.82) is 0 Å². The summed E-state index contributed by atoms with van der Waals surface area (Å²) in [4.78, 5) is 16.0. The number of rotatable bonds is 3. The zero-order valence-corrected chi connectivity index (χ0v) is 15.1. The molecule has 0 radical (unpaired) electrons. The lowest BCUT2D eigenvalue weighted by atomic mass is 10.0. The van der Waals surface area contributed by atoms with Crippen LogP contribution < -0.4 is 9.62 Å². The van der Waals surface area contributed by atoms with Crippen molar-refractivity contribution < 1.29 is 13.2 Å². The fourth-order valence-corrected chi connectivity index (χ4v) is 4.84. The molecule has 2 heterocycles. The Bertz CT molecular complexity index is 725. The second kappa shape index (κ2) is 6.82. The van der Waals surface area contributed by atoms with Gasteiger partial charge in [0.05, 0.1) is 4.90 Å². The predicted octanol–water partition coefficient (Wildman–Crippen LogP) is 1.36. The molecule has 2 aliphatic heterocycles. The number of amides is 1. The molecule has 3 rings (SSSR count). The largest absolute Gasteiger partial charge is 0.312 e. The van der Waals surface area contributed by atoms with Crippen LogP contribution in [0.15, 0.2) is 23.1 Å². The summed E-state index contributed by atoms with van der Waals surface area (Å²) >= 11 is 0. The summed E-state index contributed by atoms with van der Waals surface area (Å²) < 4.78 is 28.2. The van der Waals surface area contributed by atoms with Crippen LogP contribution in [0.4, 0.5) is 5.69 Å². The molecule has 0 spiro atoms. The first kappa shape index (κ1) is 17.4. The van der Waals surface area contributed by atoms with Crippen LogP contribution in [0.2, 0.25) is 0 Å². The second-order valence-corrected chi connectivity index (χ2v) is 8.48. The molecule has 0 atom stereocenters. The zero-order valence-electron chi connectivity index (χ0n) is 14.3. The maximum atomic E-state index is 12.7. The minimum Gasteiger partial charge on any atom is -0.312 e. The van der Waals surface area contributed by atoms with Gasteiger partial charge in [-0.1, -0.05) is 0 Å². The third kappa shape index (κ3) is 3.63. The van der Waals surface area contributed by atoms with E-state index in [1.165, 1.54) is 0 Å². The van der Waals surface area contributed by atoms with Crippen molar-refractivity contribution in [3.63, 3.8) is 0 Å². The van der Waals surface area contributed by atoms with Gasteiger partial charge in [0.2, 0.25) is 15.9 Å². The van der Waals surface area contributed by atoms with Gasteiger partial charge in [-0.15, -0.1) is 0 Å². The van der Waals surface area contributed by atoms with Gasteiger partial charge in [-0.25, -0.2) is 13.1 Å². The molecule has 1 fully saturated rings. The summed E-state index contributed by atoms with van der Waals surface area (Å²) in [5.74, 6) is -0.00370. The van der Waals surface area contributed by atoms with Gasteiger partial charge in [0.25, 0.3) is 0 Å². The molecule has 24 heavy (non-hydrogen) atoms. The van der Waals surface area contributed by atoms with Gasteiger partial charge in [0.15, 0.2) is 0 Å². The van der Waals surface area contributed by atoms with Crippen LogP contribution in [0, 0.1) is 0 Å². The van der Waals surface area contributed by atoms with Crippen molar-refractivity contribution in [3.8, 4) is 0 Å². The number of carbonyl (C=O) groups is 1. The van der Waals surface area contributed by atoms with Crippen molar-refractivity contribution >= 4 is 21.6 Å². The van der Waals surface area contributed by atoms with E-state index in [1.807, 2.05) is 0 Å². The number of nitrogens with zero attached hydrogens (tertiary/aromatic N) is 2. The van der Waals surface area contributed by atoms with E-state index in [-0.39, 0.29) is 11.9 Å². The maximum absolute atomic E-state index is 12.7. The SMILES string of the molecule is CC(=O)N1CCCc2cc(S(=O)(=O)NC3CCN(C)CC3)ccc21. The van der Waals surface area contributed by atoms with E-state index in [4.69, 9.17) is 0 Å². The Labute approximate surface area is 143 Å². The van der Waals surface area contributed by atoms with Gasteiger partial charge in [-0.2, -0.15) is 0 Å². The molecule has 1 aromatic carbocycles. The quantitative estimate of drug-likeness (QED) is 0.893. The van der Waals surface area contributed by atoms with E-state index in [2.05, 4.69) is 16.7 Å². The molecule has 7 heteroatoms. The van der Waals surface area contributed by atoms with E-state index >= 15 is 0 Å². The lowest BCUT2D eigenvalue weighted by Crippen LogP contribution is -2.43. The van der Waals surface area contributed by atoms with Crippen LogP contribution in [0.1, 0.15) is 31.7 Å². The molecule has 0 saturated carbocycles. The minimum atomic E-state index is -3.52. The Hall–Kier alpha value is -1.44. The van der Waals surface area contributed by atoms with Gasteiger partial charge in [-0.3, -0.25) is 4.79 Å². The van der Waals surface area contributed by atoms with E-state index in [9.17, 15) is 13.2 Å². The van der Waals surface area contributed by atoms with Gasteiger partial charge in [0.1, 0.15) is 0 Å². The highest BCUT2D eigenvalue weighted by atomic mass is 32.2. The Kier molecular flexibility index (Phi) is 4.94. The van der Waals surface area contributed by atoms with Crippen LogP contribution in [-0.4, -0.2) is 51.9 Å². The number of sulfonamides is 1. The fraction of sp³-hybridized carbons (Fsp3) is 0.588. The van der Waals surface area contributed by atoms with Gasteiger partial charge in [-0.05, 0) is 69.6 Å². The molecule has 0 unspecified atom stereocenters. The van der Waals surface area contributed by atoms with Crippen LogP contribution in [0.3, 0.4) is 0 Å². The fourth-order valence-electron chi connectivity index (χ4n) is 3.48. The number of piperidine rings is 1. The van der Waals surface area contributed by atoms with Crippen LogP contribution in [0.25, 0.3) is 0 Å². The van der Waals surface area contributed by atoms with Crippen molar-refractivity contribution in [2.24, 2.45) is 0 Å². The number of benzene rings is 1. The van der Waals surface area contributed by atoms with E-state index in [0.29, 0.717) is 11.4 Å². The lowest BCUT2D eigenvalue weighted by molar-refractivity contribution is -0.116. The van der Waals surface area contributed by atoms with Gasteiger partial charge < -0.3 is 9.80 Å². The molecular weight excluding hydrogens is 326 g/mol. The third-order valence-corrected chi connectivity index (χ3v) is 6.42. The Morgan fingerprint density at radius 1 is 1.21 bits per heavy atom. The number of hydrogen-bond acceptors (Lipinski definition) is 4. The number of carbonyl (C=O) groups excluding carboxylic acids is 1. The summed E-state index contributed by atoms with van der Waals surface area (Å²) in [7, 11) is -1.47. The average molecular weight is 351 g/mol. The van der Waals surface area contributed by atoms with Crippen molar-refractivity contribution in [2.45, 2.75) is 43.5 Å². The number of likely N-dealkylation sites (tertiary alicyclic amines) is 1. The summed E-state index contributed by atoms with van der Waals surface area (Å²) in [5.41, 5.74) is 1.77. The Morgan fingerprint density at radius 3 is 2.58 bits per heavy atom. The average Bonchev–Trinajstić information content (AvgIpc) is 2.55. The smallest absolute Gasteiger partial charge is 0.240 e. The second-order valence-electron chi connectivity index (χ2n) is 6.76. The van der Waals surface area contributed by atoms with Crippen LogP contribution >= 0.6 is 0 Å². The van der Waals surface area contributed by atoms with Crippen molar-refractivity contribution in [3.05, 3.63) is 23.8 Å². The first-order chi connectivity index (χ1) is 11.4. The molecule has 132 valence electrons. The standard InChI is InChI=1S/C17H25N3O3S/c1-13(21)20-9-3-4-14-12-16(5-6-17(14)20)24(22,23)18-15-7-10-19(2)11-8-15/h5-6,12,15,18H,3-4,7-11H2,1-2H3. The van der Waals surface area contributed by atoms with Gasteiger partial charge in [0, 0.05) is 25.2 Å². The minimum absolute atomic E-state index is 0.00370. The maximum Gasteiger partial charge on any atom is 0.240 e. The summed E-state index contributed by atoms with van der Waals surface area (Å²) in [5, 5.41) is 0. The number of hydrogen-bond donors (Lipinski definition) is 1. The lowest BCUT2D eigenvalue weighted by Gasteiger charge is -2.30. The van der Waals surface area contributed by atoms with Crippen molar-refractivity contribution in [1.82, 2.24) is 9.62 Å². The molecule has 1 N–H and O–H groups in total. The highest BCUT2D eigenvalue weighted by Gasteiger charge is 2.26. The molecule has 0 aliphatic carbocycles. The topological polar surface area (TPSA) is 69.7 Å². The normalized spacial score (nSPS) is 20.0. The highest BCUT2D eigenvalue weighted by Crippen LogP contribution is 2.29. The summed E-state index contributed by atoms with van der Waals surface area (Å²) in [6, 6.07) is 5.09. The van der Waals surface area contributed by atoms with Crippen LogP contribution in [0.5, 0.6) is 0 Å². The molecule has 1 amide bonds. The summed E-state index contributed by atoms with van der Waals surface area (Å²) in [6.45, 7) is 4.06. The van der Waals surface area contributed by atoms with Crippen molar-refractivity contribution in [2.75, 3.05) is 31.6 Å². The first-order valence-electron chi connectivity index (χ1n) is 8.49. The first-order valence-corrected chi connectivity index (χ1v) is 9.97. The third-order valence-electron chi connectivity index (χ3n) is 4.90. The van der Waals surface area contributed by atoms with E-state index in [0.717, 1.165) is 50.0 Å².